The molecular weight excluding hydrogens is 292 g/mol. The molecule has 0 unspecified atom stereocenters. The van der Waals surface area contributed by atoms with E-state index in [0.717, 1.165) is 9.90 Å². The van der Waals surface area contributed by atoms with E-state index in [2.05, 4.69) is 19.2 Å². The van der Waals surface area contributed by atoms with Crippen LogP contribution < -0.4 is 11.1 Å². The summed E-state index contributed by atoms with van der Waals surface area (Å²) >= 11 is 2.97. The number of thiophene rings is 1. The van der Waals surface area contributed by atoms with Gasteiger partial charge in [-0.25, -0.2) is 4.79 Å². The van der Waals surface area contributed by atoms with Crippen LogP contribution in [0.3, 0.4) is 0 Å². The summed E-state index contributed by atoms with van der Waals surface area (Å²) in [5.74, 6) is 0.370. The van der Waals surface area contributed by atoms with Gasteiger partial charge in [0.15, 0.2) is 0 Å². The van der Waals surface area contributed by atoms with E-state index in [4.69, 9.17) is 10.5 Å². The van der Waals surface area contributed by atoms with Gasteiger partial charge < -0.3 is 15.8 Å². The van der Waals surface area contributed by atoms with E-state index in [1.807, 2.05) is 6.26 Å². The van der Waals surface area contributed by atoms with E-state index < -0.39 is 0 Å². The first-order valence-corrected chi connectivity index (χ1v) is 8.86. The van der Waals surface area contributed by atoms with Crippen molar-refractivity contribution >= 4 is 39.8 Å². The number of carbonyl (C=O) groups is 1. The van der Waals surface area contributed by atoms with Crippen molar-refractivity contribution in [1.82, 2.24) is 0 Å². The molecule has 1 heterocycles. The number of nitrogens with one attached hydrogen (secondary N) is 1. The average molecular weight is 314 g/mol. The topological polar surface area (TPSA) is 64.3 Å². The van der Waals surface area contributed by atoms with Gasteiger partial charge in [0, 0.05) is 5.54 Å². The van der Waals surface area contributed by atoms with Gasteiger partial charge in [0.25, 0.3) is 0 Å². The van der Waals surface area contributed by atoms with Gasteiger partial charge in [0.1, 0.15) is 9.88 Å². The maximum Gasteiger partial charge on any atom is 0.350 e. The van der Waals surface area contributed by atoms with Gasteiger partial charge in [-0.15, -0.1) is 23.1 Å². The molecule has 1 aliphatic rings. The van der Waals surface area contributed by atoms with Gasteiger partial charge >= 0.3 is 5.97 Å². The van der Waals surface area contributed by atoms with Crippen molar-refractivity contribution in [2.45, 2.75) is 44.0 Å². The normalized spacial score (nSPS) is 15.2. The van der Waals surface area contributed by atoms with Crippen LogP contribution in [0, 0.1) is 5.92 Å². The van der Waals surface area contributed by atoms with Gasteiger partial charge in [0.05, 0.1) is 17.2 Å². The quantitative estimate of drug-likeness (QED) is 0.617. The zero-order chi connectivity index (χ0) is 14.9. The number of hydrogen-bond donors (Lipinski definition) is 2. The molecule has 1 aromatic rings. The Kier molecular flexibility index (Phi) is 4.54. The molecule has 20 heavy (non-hydrogen) atoms. The smallest absolute Gasteiger partial charge is 0.350 e. The Morgan fingerprint density at radius 1 is 1.55 bits per heavy atom. The molecular formula is C14H22N2O2S2. The zero-order valence-corrected chi connectivity index (χ0v) is 14.0. The van der Waals surface area contributed by atoms with Gasteiger partial charge in [-0.2, -0.15) is 0 Å². The Balaban J connectivity index is 2.28. The third-order valence-corrected chi connectivity index (χ3v) is 5.66. The molecule has 4 nitrogen and oxygen atoms in total. The fraction of sp³-hybridized carbons (Fsp3) is 0.643. The van der Waals surface area contributed by atoms with Crippen LogP contribution in [0.5, 0.6) is 0 Å². The molecule has 0 aromatic carbocycles. The van der Waals surface area contributed by atoms with Gasteiger partial charge in [-0.3, -0.25) is 0 Å². The number of nitrogens with two attached hydrogens (primary N) is 1. The van der Waals surface area contributed by atoms with Gasteiger partial charge in [0.2, 0.25) is 0 Å². The highest BCUT2D eigenvalue weighted by Gasteiger charge is 2.38. The number of thioether (sulfide) groups is 1. The lowest BCUT2D eigenvalue weighted by Crippen LogP contribution is -2.33. The van der Waals surface area contributed by atoms with Crippen molar-refractivity contribution in [3.63, 3.8) is 0 Å². The van der Waals surface area contributed by atoms with E-state index in [1.165, 1.54) is 24.2 Å². The largest absolute Gasteiger partial charge is 0.462 e. The van der Waals surface area contributed by atoms with E-state index in [-0.39, 0.29) is 11.5 Å². The second-order valence-electron chi connectivity index (χ2n) is 5.55. The van der Waals surface area contributed by atoms with Crippen molar-refractivity contribution < 1.29 is 9.53 Å². The lowest BCUT2D eigenvalue weighted by molar-refractivity contribution is 0.0533. The molecule has 3 N–H and O–H groups in total. The predicted molar refractivity (Wildman–Crippen MR) is 86.9 cm³/mol. The van der Waals surface area contributed by atoms with Crippen LogP contribution in [0.2, 0.25) is 0 Å². The maximum absolute atomic E-state index is 11.9. The van der Waals surface area contributed by atoms with E-state index in [0.29, 0.717) is 23.1 Å². The highest BCUT2D eigenvalue weighted by Crippen LogP contribution is 2.47. The minimum absolute atomic E-state index is 0.0354. The summed E-state index contributed by atoms with van der Waals surface area (Å²) < 4.78 is 5.07. The fourth-order valence-corrected chi connectivity index (χ4v) is 4.33. The van der Waals surface area contributed by atoms with Crippen LogP contribution in [0.15, 0.2) is 4.90 Å². The molecule has 0 bridgehead atoms. The fourth-order valence-electron chi connectivity index (χ4n) is 2.26. The van der Waals surface area contributed by atoms with E-state index in [9.17, 15) is 4.79 Å². The SMILES string of the molecule is CCOC(=O)c1sc(NC(C)(C)C2CC2)c(SC)c1N. The number of anilines is 2. The Hall–Kier alpha value is -0.880. The molecule has 2 rings (SSSR count). The second-order valence-corrected chi connectivity index (χ2v) is 7.39. The molecule has 0 radical (unpaired) electrons. The minimum Gasteiger partial charge on any atom is -0.462 e. The van der Waals surface area contributed by atoms with Crippen molar-refractivity contribution in [1.29, 1.82) is 0 Å². The molecule has 0 amide bonds. The first-order valence-electron chi connectivity index (χ1n) is 6.82. The van der Waals surface area contributed by atoms with Crippen molar-refractivity contribution in [2.75, 3.05) is 23.9 Å². The minimum atomic E-state index is -0.331. The number of nitrogen functional groups attached to an aromatic ring is 1. The molecule has 1 aromatic heterocycles. The summed E-state index contributed by atoms with van der Waals surface area (Å²) in [5.41, 5.74) is 6.68. The summed E-state index contributed by atoms with van der Waals surface area (Å²) in [6.07, 6.45) is 4.50. The van der Waals surface area contributed by atoms with Crippen LogP contribution in [-0.2, 0) is 4.74 Å². The predicted octanol–water partition coefficient (Wildman–Crippen LogP) is 3.83. The molecule has 1 aliphatic carbocycles. The maximum atomic E-state index is 11.9. The van der Waals surface area contributed by atoms with Crippen LogP contribution in [-0.4, -0.2) is 24.4 Å². The first-order chi connectivity index (χ1) is 9.40. The third-order valence-electron chi connectivity index (χ3n) is 3.60. The molecule has 6 heteroatoms. The number of esters is 1. The lowest BCUT2D eigenvalue weighted by atomic mass is 9.99. The monoisotopic (exact) mass is 314 g/mol. The van der Waals surface area contributed by atoms with Gasteiger partial charge in [-0.05, 0) is 45.8 Å². The number of rotatable bonds is 6. The van der Waals surface area contributed by atoms with Crippen LogP contribution in [0.25, 0.3) is 0 Å². The Bertz CT molecular complexity index is 508. The Labute approximate surface area is 128 Å². The summed E-state index contributed by atoms with van der Waals surface area (Å²) in [6.45, 7) is 6.57. The van der Waals surface area contributed by atoms with Crippen molar-refractivity contribution in [2.24, 2.45) is 5.92 Å². The first kappa shape index (κ1) is 15.5. The zero-order valence-electron chi connectivity index (χ0n) is 12.4. The summed E-state index contributed by atoms with van der Waals surface area (Å²) in [4.78, 5) is 13.4. The van der Waals surface area contributed by atoms with Gasteiger partial charge in [-0.1, -0.05) is 0 Å². The van der Waals surface area contributed by atoms with Crippen LogP contribution in [0.1, 0.15) is 43.3 Å². The summed E-state index contributed by atoms with van der Waals surface area (Å²) in [5, 5.41) is 4.55. The van der Waals surface area contributed by atoms with Crippen LogP contribution in [0.4, 0.5) is 10.7 Å². The number of hydrogen-bond acceptors (Lipinski definition) is 6. The molecule has 1 fully saturated rings. The highest BCUT2D eigenvalue weighted by molar-refractivity contribution is 7.99. The summed E-state index contributed by atoms with van der Waals surface area (Å²) in [7, 11) is 0. The number of carbonyl (C=O) groups excluding carboxylic acids is 1. The molecule has 0 aliphatic heterocycles. The van der Waals surface area contributed by atoms with Crippen molar-refractivity contribution in [3.8, 4) is 0 Å². The highest BCUT2D eigenvalue weighted by atomic mass is 32.2. The molecule has 0 saturated heterocycles. The second kappa shape index (κ2) is 5.85. The molecule has 0 atom stereocenters. The molecule has 112 valence electrons. The standard InChI is InChI=1S/C14H22N2O2S2/c1-5-18-13(17)11-9(15)10(19-4)12(20-11)16-14(2,3)8-6-7-8/h8,16H,5-7,15H2,1-4H3. The summed E-state index contributed by atoms with van der Waals surface area (Å²) in [6, 6.07) is 0. The van der Waals surface area contributed by atoms with E-state index >= 15 is 0 Å². The molecule has 0 spiro atoms. The average Bonchev–Trinajstić information content (AvgIpc) is 3.17. The third kappa shape index (κ3) is 3.06. The van der Waals surface area contributed by atoms with Crippen molar-refractivity contribution in [3.05, 3.63) is 4.88 Å². The van der Waals surface area contributed by atoms with E-state index in [1.54, 1.807) is 18.7 Å². The Morgan fingerprint density at radius 3 is 2.70 bits per heavy atom. The molecule has 1 saturated carbocycles. The number of ether oxygens (including phenoxy) is 1. The lowest BCUT2D eigenvalue weighted by Gasteiger charge is -2.27. The Morgan fingerprint density at radius 2 is 2.20 bits per heavy atom. The van der Waals surface area contributed by atoms with Crippen LogP contribution >= 0.6 is 23.1 Å².